The molecule has 0 aromatic heterocycles. The fourth-order valence-corrected chi connectivity index (χ4v) is 3.35. The van der Waals surface area contributed by atoms with Crippen LogP contribution in [0.4, 0.5) is 0 Å². The highest BCUT2D eigenvalue weighted by Gasteiger charge is 2.24. The molecule has 134 valence electrons. The normalized spacial score (nSPS) is 12.0. The molecule has 0 atom stereocenters. The highest BCUT2D eigenvalue weighted by Crippen LogP contribution is 2.28. The van der Waals surface area contributed by atoms with Crippen molar-refractivity contribution in [2.24, 2.45) is 0 Å². The molecule has 0 aliphatic carbocycles. The van der Waals surface area contributed by atoms with E-state index < -0.39 is 0 Å². The van der Waals surface area contributed by atoms with Crippen LogP contribution < -0.4 is 0 Å². The van der Waals surface area contributed by atoms with Crippen LogP contribution in [0, 0.1) is 0 Å². The molecule has 0 aliphatic heterocycles. The first-order valence-electron chi connectivity index (χ1n) is 10.4. The van der Waals surface area contributed by atoms with E-state index in [0.717, 1.165) is 19.3 Å². The van der Waals surface area contributed by atoms with E-state index in [1.54, 1.807) is 0 Å². The minimum atomic E-state index is -0.356. The summed E-state index contributed by atoms with van der Waals surface area (Å²) in [6.45, 7) is 6.77. The first-order chi connectivity index (χ1) is 10.7. The number of rotatable bonds is 17. The highest BCUT2D eigenvalue weighted by atomic mass is 16.3. The Morgan fingerprint density at radius 1 is 0.455 bits per heavy atom. The molecular formula is C21H44O. The molecule has 1 nitrogen and oxygen atoms in total. The van der Waals surface area contributed by atoms with Crippen molar-refractivity contribution in [3.63, 3.8) is 0 Å². The average Bonchev–Trinajstić information content (AvgIpc) is 2.52. The molecule has 0 radical (unpaired) electrons. The standard InChI is InChI=1S/C21H44O/c1-4-7-10-12-14-16-19-21(22,18-9-6-3)20-17-15-13-11-8-5-2/h22H,4-20H2,1-3H3. The van der Waals surface area contributed by atoms with Gasteiger partial charge >= 0.3 is 0 Å². The quantitative estimate of drug-likeness (QED) is 0.277. The number of hydrogen-bond acceptors (Lipinski definition) is 1. The third-order valence-electron chi connectivity index (χ3n) is 4.99. The summed E-state index contributed by atoms with van der Waals surface area (Å²) in [5, 5.41) is 10.9. The summed E-state index contributed by atoms with van der Waals surface area (Å²) in [5.41, 5.74) is -0.356. The Balaban J connectivity index is 3.84. The van der Waals surface area contributed by atoms with E-state index in [4.69, 9.17) is 0 Å². The average molecular weight is 313 g/mol. The Kier molecular flexibility index (Phi) is 15.8. The molecule has 0 aromatic carbocycles. The van der Waals surface area contributed by atoms with E-state index in [-0.39, 0.29) is 5.60 Å². The molecule has 0 amide bonds. The van der Waals surface area contributed by atoms with Gasteiger partial charge in [0.2, 0.25) is 0 Å². The molecule has 0 unspecified atom stereocenters. The molecule has 1 N–H and O–H groups in total. The van der Waals surface area contributed by atoms with Crippen LogP contribution in [0.2, 0.25) is 0 Å². The van der Waals surface area contributed by atoms with Crippen LogP contribution in [0.25, 0.3) is 0 Å². The monoisotopic (exact) mass is 312 g/mol. The zero-order valence-electron chi connectivity index (χ0n) is 16.0. The van der Waals surface area contributed by atoms with Crippen molar-refractivity contribution >= 4 is 0 Å². The van der Waals surface area contributed by atoms with E-state index in [1.807, 2.05) is 0 Å². The molecule has 0 bridgehead atoms. The van der Waals surface area contributed by atoms with E-state index >= 15 is 0 Å². The molecule has 22 heavy (non-hydrogen) atoms. The van der Waals surface area contributed by atoms with Gasteiger partial charge in [-0.1, -0.05) is 111 Å². The van der Waals surface area contributed by atoms with Gasteiger partial charge in [-0.3, -0.25) is 0 Å². The SMILES string of the molecule is CCCCCCCCC(O)(CCCC)CCCCCCCC. The van der Waals surface area contributed by atoms with Crippen LogP contribution in [-0.2, 0) is 0 Å². The molecule has 0 aliphatic rings. The summed E-state index contributed by atoms with van der Waals surface area (Å²) >= 11 is 0. The first-order valence-corrected chi connectivity index (χ1v) is 10.4. The third kappa shape index (κ3) is 13.6. The maximum atomic E-state index is 10.9. The predicted molar refractivity (Wildman–Crippen MR) is 100 cm³/mol. The van der Waals surface area contributed by atoms with Crippen molar-refractivity contribution in [3.05, 3.63) is 0 Å². The molecule has 0 saturated heterocycles. The van der Waals surface area contributed by atoms with Crippen LogP contribution in [-0.4, -0.2) is 10.7 Å². The number of unbranched alkanes of at least 4 members (excludes halogenated alkanes) is 11. The first kappa shape index (κ1) is 22.0. The Hall–Kier alpha value is -0.0400. The van der Waals surface area contributed by atoms with E-state index in [2.05, 4.69) is 20.8 Å². The summed E-state index contributed by atoms with van der Waals surface area (Å²) in [4.78, 5) is 0. The summed E-state index contributed by atoms with van der Waals surface area (Å²) in [5.74, 6) is 0. The van der Waals surface area contributed by atoms with E-state index in [9.17, 15) is 5.11 Å². The molecule has 0 rings (SSSR count). The van der Waals surface area contributed by atoms with Gasteiger partial charge in [-0.05, 0) is 19.3 Å². The second-order valence-corrected chi connectivity index (χ2v) is 7.36. The minimum Gasteiger partial charge on any atom is -0.390 e. The lowest BCUT2D eigenvalue weighted by Crippen LogP contribution is -2.28. The second kappa shape index (κ2) is 15.8. The van der Waals surface area contributed by atoms with Crippen LogP contribution >= 0.6 is 0 Å². The van der Waals surface area contributed by atoms with Crippen molar-refractivity contribution in [1.82, 2.24) is 0 Å². The Labute approximate surface area is 141 Å². The Bertz CT molecular complexity index is 196. The van der Waals surface area contributed by atoms with Crippen LogP contribution in [0.3, 0.4) is 0 Å². The molecule has 0 fully saturated rings. The van der Waals surface area contributed by atoms with Gasteiger partial charge in [-0.15, -0.1) is 0 Å². The van der Waals surface area contributed by atoms with Gasteiger partial charge < -0.3 is 5.11 Å². The fraction of sp³-hybridized carbons (Fsp3) is 1.00. The van der Waals surface area contributed by atoms with E-state index in [1.165, 1.54) is 89.9 Å². The van der Waals surface area contributed by atoms with Crippen molar-refractivity contribution < 1.29 is 5.11 Å². The third-order valence-corrected chi connectivity index (χ3v) is 4.99. The van der Waals surface area contributed by atoms with Gasteiger partial charge in [0.1, 0.15) is 0 Å². The lowest BCUT2D eigenvalue weighted by molar-refractivity contribution is 0.00746. The van der Waals surface area contributed by atoms with Crippen LogP contribution in [0.1, 0.15) is 130 Å². The summed E-state index contributed by atoms with van der Waals surface area (Å²) in [6.07, 6.45) is 21.4. The van der Waals surface area contributed by atoms with Gasteiger partial charge in [0.05, 0.1) is 5.60 Å². The van der Waals surface area contributed by atoms with Gasteiger partial charge in [-0.25, -0.2) is 0 Å². The zero-order chi connectivity index (χ0) is 16.5. The van der Waals surface area contributed by atoms with Gasteiger partial charge in [0, 0.05) is 0 Å². The maximum Gasteiger partial charge on any atom is 0.0647 e. The lowest BCUT2D eigenvalue weighted by atomic mass is 9.85. The molecule has 1 heteroatoms. The largest absolute Gasteiger partial charge is 0.390 e. The maximum absolute atomic E-state index is 10.9. The smallest absolute Gasteiger partial charge is 0.0647 e. The van der Waals surface area contributed by atoms with Crippen LogP contribution in [0.15, 0.2) is 0 Å². The number of aliphatic hydroxyl groups is 1. The van der Waals surface area contributed by atoms with Gasteiger partial charge in [0.25, 0.3) is 0 Å². The van der Waals surface area contributed by atoms with Crippen molar-refractivity contribution in [2.45, 2.75) is 136 Å². The van der Waals surface area contributed by atoms with Crippen molar-refractivity contribution in [3.8, 4) is 0 Å². The van der Waals surface area contributed by atoms with Crippen molar-refractivity contribution in [2.75, 3.05) is 0 Å². The number of hydrogen-bond donors (Lipinski definition) is 1. The highest BCUT2D eigenvalue weighted by molar-refractivity contribution is 4.78. The molecular weight excluding hydrogens is 268 g/mol. The minimum absolute atomic E-state index is 0.356. The van der Waals surface area contributed by atoms with Crippen molar-refractivity contribution in [1.29, 1.82) is 0 Å². The summed E-state index contributed by atoms with van der Waals surface area (Å²) in [7, 11) is 0. The van der Waals surface area contributed by atoms with Crippen LogP contribution in [0.5, 0.6) is 0 Å². The molecule has 0 saturated carbocycles. The molecule has 0 heterocycles. The molecule has 0 spiro atoms. The Morgan fingerprint density at radius 2 is 0.773 bits per heavy atom. The fourth-order valence-electron chi connectivity index (χ4n) is 3.35. The zero-order valence-corrected chi connectivity index (χ0v) is 16.0. The van der Waals surface area contributed by atoms with E-state index in [0.29, 0.717) is 0 Å². The predicted octanol–water partition coefficient (Wildman–Crippen LogP) is 7.41. The summed E-state index contributed by atoms with van der Waals surface area (Å²) in [6, 6.07) is 0. The Morgan fingerprint density at radius 3 is 1.18 bits per heavy atom. The summed E-state index contributed by atoms with van der Waals surface area (Å²) < 4.78 is 0. The molecule has 0 aromatic rings. The van der Waals surface area contributed by atoms with Gasteiger partial charge in [0.15, 0.2) is 0 Å². The second-order valence-electron chi connectivity index (χ2n) is 7.36. The van der Waals surface area contributed by atoms with Gasteiger partial charge in [-0.2, -0.15) is 0 Å². The topological polar surface area (TPSA) is 20.2 Å². The lowest BCUT2D eigenvalue weighted by Gasteiger charge is -2.28.